The van der Waals surface area contributed by atoms with E-state index in [9.17, 15) is 13.6 Å². The average Bonchev–Trinajstić information content (AvgIpc) is 2.38. The van der Waals surface area contributed by atoms with E-state index in [1.165, 1.54) is 0 Å². The quantitative estimate of drug-likeness (QED) is 0.854. The Kier molecular flexibility index (Phi) is 5.03. The van der Waals surface area contributed by atoms with Crippen molar-refractivity contribution in [2.45, 2.75) is 18.4 Å². The Morgan fingerprint density at radius 3 is 2.55 bits per heavy atom. The molecule has 1 aliphatic heterocycles. The summed E-state index contributed by atoms with van der Waals surface area (Å²) in [5, 5.41) is 0. The highest BCUT2D eigenvalue weighted by atomic mass is 19.3. The maximum atomic E-state index is 12.3. The molecule has 20 heavy (non-hydrogen) atoms. The molecule has 1 saturated heterocycles. The van der Waals surface area contributed by atoms with Gasteiger partial charge >= 0.3 is 0 Å². The van der Waals surface area contributed by atoms with E-state index >= 15 is 0 Å². The first-order chi connectivity index (χ1) is 9.61. The first-order valence-electron chi connectivity index (χ1n) is 6.55. The van der Waals surface area contributed by atoms with Crippen LogP contribution in [0, 0.1) is 0 Å². The van der Waals surface area contributed by atoms with Gasteiger partial charge in [0.05, 0.1) is 12.0 Å². The van der Waals surface area contributed by atoms with E-state index in [-0.39, 0.29) is 24.5 Å². The number of amides is 1. The summed E-state index contributed by atoms with van der Waals surface area (Å²) in [6.07, 6.45) is -2.76. The Bertz CT molecular complexity index is 436. The number of carbonyl (C=O) groups excluding carboxylic acids is 1. The number of hydrogen-bond acceptors (Lipinski definition) is 3. The minimum absolute atomic E-state index is 0.0735. The molecule has 1 aromatic carbocycles. The molecule has 1 unspecified atom stereocenters. The van der Waals surface area contributed by atoms with Crippen LogP contribution < -0.4 is 5.73 Å². The molecular formula is C14H18F2N2O2. The second kappa shape index (κ2) is 6.76. The summed E-state index contributed by atoms with van der Waals surface area (Å²) in [6, 6.07) is 9.31. The maximum absolute atomic E-state index is 12.3. The van der Waals surface area contributed by atoms with Crippen molar-refractivity contribution in [1.82, 2.24) is 4.90 Å². The van der Waals surface area contributed by atoms with Crippen LogP contribution in [0.4, 0.5) is 8.78 Å². The third-order valence-corrected chi connectivity index (χ3v) is 3.35. The number of rotatable bonds is 6. The zero-order valence-electron chi connectivity index (χ0n) is 11.0. The molecule has 0 spiro atoms. The monoisotopic (exact) mass is 284 g/mol. The molecule has 0 aromatic heterocycles. The summed E-state index contributed by atoms with van der Waals surface area (Å²) in [6.45, 7) is 0.359. The molecule has 0 saturated carbocycles. The molecule has 1 aliphatic rings. The number of alkyl halides is 2. The SMILES string of the molecule is NCC(C(=O)N1CC(OCC(F)F)C1)c1ccccc1. The summed E-state index contributed by atoms with van der Waals surface area (Å²) in [4.78, 5) is 13.9. The fraction of sp³-hybridized carbons (Fsp3) is 0.500. The van der Waals surface area contributed by atoms with Crippen LogP contribution in [-0.4, -0.2) is 49.6 Å². The minimum atomic E-state index is -2.47. The second-order valence-corrected chi connectivity index (χ2v) is 4.79. The topological polar surface area (TPSA) is 55.6 Å². The summed E-state index contributed by atoms with van der Waals surface area (Å²) in [5.74, 6) is -0.456. The average molecular weight is 284 g/mol. The predicted molar refractivity (Wildman–Crippen MR) is 70.6 cm³/mol. The molecule has 1 fully saturated rings. The number of nitrogens with two attached hydrogens (primary N) is 1. The van der Waals surface area contributed by atoms with Crippen molar-refractivity contribution in [3.8, 4) is 0 Å². The molecule has 0 radical (unpaired) electrons. The van der Waals surface area contributed by atoms with E-state index in [0.29, 0.717) is 13.1 Å². The van der Waals surface area contributed by atoms with E-state index in [0.717, 1.165) is 5.56 Å². The molecular weight excluding hydrogens is 266 g/mol. The predicted octanol–water partition coefficient (Wildman–Crippen LogP) is 1.22. The van der Waals surface area contributed by atoms with Gasteiger partial charge in [-0.3, -0.25) is 4.79 Å². The summed E-state index contributed by atoms with van der Waals surface area (Å²) in [7, 11) is 0. The van der Waals surface area contributed by atoms with E-state index in [1.54, 1.807) is 4.90 Å². The normalized spacial score (nSPS) is 17.1. The molecule has 0 aliphatic carbocycles. The Labute approximate surface area is 116 Å². The molecule has 1 atom stereocenters. The van der Waals surface area contributed by atoms with E-state index < -0.39 is 13.0 Å². The zero-order valence-corrected chi connectivity index (χ0v) is 11.0. The van der Waals surface area contributed by atoms with Gasteiger partial charge in [0.25, 0.3) is 6.43 Å². The van der Waals surface area contributed by atoms with Crippen LogP contribution in [0.5, 0.6) is 0 Å². The largest absolute Gasteiger partial charge is 0.369 e. The maximum Gasteiger partial charge on any atom is 0.261 e. The van der Waals surface area contributed by atoms with Gasteiger partial charge in [-0.2, -0.15) is 0 Å². The Morgan fingerprint density at radius 1 is 1.35 bits per heavy atom. The second-order valence-electron chi connectivity index (χ2n) is 4.79. The van der Waals surface area contributed by atoms with Crippen LogP contribution >= 0.6 is 0 Å². The molecule has 1 heterocycles. The summed E-state index contributed by atoms with van der Waals surface area (Å²) >= 11 is 0. The zero-order chi connectivity index (χ0) is 14.5. The van der Waals surface area contributed by atoms with Crippen LogP contribution in [0.1, 0.15) is 11.5 Å². The number of likely N-dealkylation sites (tertiary alicyclic amines) is 1. The minimum Gasteiger partial charge on any atom is -0.369 e. The number of halogens is 2. The molecule has 2 rings (SSSR count). The van der Waals surface area contributed by atoms with Crippen molar-refractivity contribution >= 4 is 5.91 Å². The number of ether oxygens (including phenoxy) is 1. The molecule has 1 aromatic rings. The number of nitrogens with zero attached hydrogens (tertiary/aromatic N) is 1. The lowest BCUT2D eigenvalue weighted by molar-refractivity contribution is -0.149. The summed E-state index contributed by atoms with van der Waals surface area (Å²) in [5.41, 5.74) is 6.55. The number of hydrogen-bond donors (Lipinski definition) is 1. The first kappa shape index (κ1) is 14.9. The lowest BCUT2D eigenvalue weighted by Crippen LogP contribution is -2.56. The summed E-state index contributed by atoms with van der Waals surface area (Å²) < 4.78 is 29.0. The van der Waals surface area contributed by atoms with Gasteiger partial charge in [-0.05, 0) is 5.56 Å². The van der Waals surface area contributed by atoms with Gasteiger partial charge in [-0.1, -0.05) is 30.3 Å². The van der Waals surface area contributed by atoms with Gasteiger partial charge in [0.1, 0.15) is 6.61 Å². The smallest absolute Gasteiger partial charge is 0.261 e. The first-order valence-corrected chi connectivity index (χ1v) is 6.55. The van der Waals surface area contributed by atoms with Crippen LogP contribution in [0.15, 0.2) is 30.3 Å². The molecule has 110 valence electrons. The fourth-order valence-electron chi connectivity index (χ4n) is 2.22. The van der Waals surface area contributed by atoms with Gasteiger partial charge in [0.2, 0.25) is 5.91 Å². The van der Waals surface area contributed by atoms with Gasteiger partial charge in [-0.15, -0.1) is 0 Å². The third-order valence-electron chi connectivity index (χ3n) is 3.35. The lowest BCUT2D eigenvalue weighted by atomic mass is 9.96. The fourth-order valence-corrected chi connectivity index (χ4v) is 2.22. The molecule has 1 amide bonds. The highest BCUT2D eigenvalue weighted by Gasteiger charge is 2.35. The van der Waals surface area contributed by atoms with E-state index in [1.807, 2.05) is 30.3 Å². The van der Waals surface area contributed by atoms with E-state index in [2.05, 4.69) is 0 Å². The van der Waals surface area contributed by atoms with Gasteiger partial charge in [0.15, 0.2) is 0 Å². The highest BCUT2D eigenvalue weighted by molar-refractivity contribution is 5.84. The Morgan fingerprint density at radius 2 is 2.00 bits per heavy atom. The van der Waals surface area contributed by atoms with Crippen molar-refractivity contribution in [1.29, 1.82) is 0 Å². The van der Waals surface area contributed by atoms with Crippen molar-refractivity contribution in [2.75, 3.05) is 26.2 Å². The van der Waals surface area contributed by atoms with Crippen LogP contribution in [0.3, 0.4) is 0 Å². The van der Waals surface area contributed by atoms with Crippen LogP contribution in [0.2, 0.25) is 0 Å². The van der Waals surface area contributed by atoms with Gasteiger partial charge in [0, 0.05) is 19.6 Å². The molecule has 0 bridgehead atoms. The molecule has 2 N–H and O–H groups in total. The Balaban J connectivity index is 1.86. The standard InChI is InChI=1S/C14H18F2N2O2/c15-13(16)9-20-11-7-18(8-11)14(19)12(6-17)10-4-2-1-3-5-10/h1-5,11-13H,6-9,17H2. The van der Waals surface area contributed by atoms with Crippen molar-refractivity contribution in [3.63, 3.8) is 0 Å². The van der Waals surface area contributed by atoms with Crippen molar-refractivity contribution in [2.24, 2.45) is 5.73 Å². The number of carbonyl (C=O) groups is 1. The molecule has 6 heteroatoms. The number of benzene rings is 1. The van der Waals surface area contributed by atoms with Gasteiger partial charge in [-0.25, -0.2) is 8.78 Å². The van der Waals surface area contributed by atoms with Crippen molar-refractivity contribution < 1.29 is 18.3 Å². The van der Waals surface area contributed by atoms with E-state index in [4.69, 9.17) is 10.5 Å². The van der Waals surface area contributed by atoms with Crippen LogP contribution in [0.25, 0.3) is 0 Å². The third kappa shape index (κ3) is 3.52. The Hall–Kier alpha value is -1.53. The van der Waals surface area contributed by atoms with Crippen molar-refractivity contribution in [3.05, 3.63) is 35.9 Å². The van der Waals surface area contributed by atoms with Gasteiger partial charge < -0.3 is 15.4 Å². The highest BCUT2D eigenvalue weighted by Crippen LogP contribution is 2.22. The van der Waals surface area contributed by atoms with Crippen LogP contribution in [-0.2, 0) is 9.53 Å². The molecule has 4 nitrogen and oxygen atoms in total. The lowest BCUT2D eigenvalue weighted by Gasteiger charge is -2.40.